The van der Waals surface area contributed by atoms with Gasteiger partial charge in [-0.15, -0.1) is 0 Å². The van der Waals surface area contributed by atoms with Crippen LogP contribution in [0.4, 0.5) is 0 Å². The fraction of sp³-hybridized carbons (Fsp3) is 0.300. The Labute approximate surface area is 360 Å². The molecule has 0 atom stereocenters. The molecule has 0 saturated carbocycles. The van der Waals surface area contributed by atoms with Crippen molar-refractivity contribution >= 4 is 32.3 Å². The Bertz CT molecular complexity index is 3020. The average molecular weight is 785 g/mol. The number of hydrogen-bond donors (Lipinski definition) is 0. The van der Waals surface area contributed by atoms with Gasteiger partial charge >= 0.3 is 0 Å². The molecule has 0 saturated heterocycles. The number of rotatable bonds is 6. The van der Waals surface area contributed by atoms with Crippen LogP contribution in [0.25, 0.3) is 76.8 Å². The Kier molecular flexibility index (Phi) is 10.5. The fourth-order valence-corrected chi connectivity index (χ4v) is 11.0. The predicted octanol–water partition coefficient (Wildman–Crippen LogP) is 17.8. The monoisotopic (exact) mass is 785 g/mol. The van der Waals surface area contributed by atoms with Crippen molar-refractivity contribution in [3.63, 3.8) is 0 Å². The Morgan fingerprint density at radius 1 is 0.267 bits per heavy atom. The van der Waals surface area contributed by atoms with Crippen LogP contribution >= 0.6 is 0 Å². The molecule has 0 aliphatic rings. The lowest BCUT2D eigenvalue weighted by molar-refractivity contribution is 0.869. The van der Waals surface area contributed by atoms with Gasteiger partial charge in [-0.3, -0.25) is 0 Å². The maximum absolute atomic E-state index is 2.56. The minimum atomic E-state index is 0.380. The van der Waals surface area contributed by atoms with Gasteiger partial charge in [0.1, 0.15) is 0 Å². The van der Waals surface area contributed by atoms with Crippen LogP contribution in [0.5, 0.6) is 0 Å². The molecule has 0 heterocycles. The zero-order valence-corrected chi connectivity index (χ0v) is 39.2. The summed E-state index contributed by atoms with van der Waals surface area (Å²) in [5, 5.41) is 8.03. The van der Waals surface area contributed by atoms with Gasteiger partial charge in [0, 0.05) is 0 Å². The lowest BCUT2D eigenvalue weighted by Gasteiger charge is -2.29. The van der Waals surface area contributed by atoms with E-state index in [1.807, 2.05) is 0 Å². The van der Waals surface area contributed by atoms with E-state index >= 15 is 0 Å². The first-order chi connectivity index (χ1) is 28.4. The van der Waals surface area contributed by atoms with Crippen molar-refractivity contribution in [2.45, 2.75) is 123 Å². The third-order valence-electron chi connectivity index (χ3n) is 13.6. The number of aryl methyl sites for hydroxylation is 12. The molecule has 8 rings (SSSR count). The zero-order valence-electron chi connectivity index (χ0n) is 39.2. The van der Waals surface area contributed by atoms with E-state index in [9.17, 15) is 0 Å². The van der Waals surface area contributed by atoms with Crippen molar-refractivity contribution in [2.75, 3.05) is 0 Å². The van der Waals surface area contributed by atoms with Gasteiger partial charge in [0.15, 0.2) is 0 Å². The normalized spacial score (nSPS) is 12.0. The molecule has 0 unspecified atom stereocenters. The topological polar surface area (TPSA) is 0 Å². The van der Waals surface area contributed by atoms with E-state index in [0.717, 1.165) is 0 Å². The van der Waals surface area contributed by atoms with Gasteiger partial charge in [-0.05, 0) is 233 Å². The number of fused-ring (bicyclic) bond motifs is 3. The highest BCUT2D eigenvalue weighted by molar-refractivity contribution is 6.34. The lowest BCUT2D eigenvalue weighted by atomic mass is 9.73. The van der Waals surface area contributed by atoms with Crippen molar-refractivity contribution in [3.8, 4) is 44.5 Å². The van der Waals surface area contributed by atoms with Gasteiger partial charge < -0.3 is 0 Å². The summed E-state index contributed by atoms with van der Waals surface area (Å²) in [4.78, 5) is 0. The molecule has 0 bridgehead atoms. The van der Waals surface area contributed by atoms with Gasteiger partial charge in [0.25, 0.3) is 0 Å². The van der Waals surface area contributed by atoms with Crippen LogP contribution in [-0.4, -0.2) is 0 Å². The predicted molar refractivity (Wildman–Crippen MR) is 266 cm³/mol. The lowest BCUT2D eigenvalue weighted by Crippen LogP contribution is -2.04. The van der Waals surface area contributed by atoms with Crippen molar-refractivity contribution in [2.24, 2.45) is 0 Å². The first kappa shape index (κ1) is 41.3. The third kappa shape index (κ3) is 6.68. The maximum Gasteiger partial charge on any atom is -0.0000981 e. The van der Waals surface area contributed by atoms with Crippen LogP contribution in [-0.2, 0) is 0 Å². The minimum Gasteiger partial charge on any atom is -0.0587 e. The van der Waals surface area contributed by atoms with Gasteiger partial charge in [0.05, 0.1) is 0 Å². The fourth-order valence-electron chi connectivity index (χ4n) is 11.0. The average Bonchev–Trinajstić information content (AvgIpc) is 3.15. The van der Waals surface area contributed by atoms with Crippen LogP contribution in [0.15, 0.2) is 84.9 Å². The van der Waals surface area contributed by atoms with Crippen LogP contribution < -0.4 is 0 Å². The smallest absolute Gasteiger partial charge is 0.0000981 e. The van der Waals surface area contributed by atoms with Gasteiger partial charge in [-0.2, -0.15) is 0 Å². The highest BCUT2D eigenvalue weighted by Gasteiger charge is 2.30. The van der Waals surface area contributed by atoms with Gasteiger partial charge in [-0.1, -0.05) is 129 Å². The summed E-state index contributed by atoms with van der Waals surface area (Å²) in [7, 11) is 0. The van der Waals surface area contributed by atoms with Crippen molar-refractivity contribution in [1.82, 2.24) is 0 Å². The summed E-state index contributed by atoms with van der Waals surface area (Å²) in [5.41, 5.74) is 29.3. The summed E-state index contributed by atoms with van der Waals surface area (Å²) >= 11 is 0. The van der Waals surface area contributed by atoms with E-state index in [4.69, 9.17) is 0 Å². The molecular weight excluding hydrogens is 721 g/mol. The molecule has 0 aliphatic heterocycles. The number of hydrogen-bond acceptors (Lipinski definition) is 0. The molecule has 0 aromatic heterocycles. The Balaban J connectivity index is 1.88. The number of benzene rings is 8. The molecule has 8 aromatic carbocycles. The first-order valence-corrected chi connectivity index (χ1v) is 22.2. The van der Waals surface area contributed by atoms with E-state index in [1.54, 1.807) is 0 Å². The van der Waals surface area contributed by atoms with Crippen LogP contribution in [0.1, 0.15) is 117 Å². The highest BCUT2D eigenvalue weighted by Crippen LogP contribution is 2.56. The van der Waals surface area contributed by atoms with Crippen molar-refractivity contribution < 1.29 is 0 Å². The summed E-state index contributed by atoms with van der Waals surface area (Å²) in [6.07, 6.45) is 0. The quantitative estimate of drug-likeness (QED) is 0.147. The molecule has 0 spiro atoms. The molecule has 0 N–H and O–H groups in total. The third-order valence-corrected chi connectivity index (χ3v) is 13.6. The molecule has 0 heteroatoms. The second-order valence-electron chi connectivity index (χ2n) is 19.2. The summed E-state index contributed by atoms with van der Waals surface area (Å²) in [5.74, 6) is 0.760. The molecule has 60 heavy (non-hydrogen) atoms. The molecule has 304 valence electrons. The minimum absolute atomic E-state index is 0.380. The largest absolute Gasteiger partial charge is 0.0587 e. The molecule has 0 amide bonds. The van der Waals surface area contributed by atoms with Crippen LogP contribution in [0.3, 0.4) is 0 Å². The van der Waals surface area contributed by atoms with Gasteiger partial charge in [-0.25, -0.2) is 0 Å². The molecule has 0 fully saturated rings. The zero-order chi connectivity index (χ0) is 43.2. The van der Waals surface area contributed by atoms with Gasteiger partial charge in [0.2, 0.25) is 0 Å². The van der Waals surface area contributed by atoms with E-state index in [2.05, 4.69) is 196 Å². The Morgan fingerprint density at radius 3 is 0.950 bits per heavy atom. The summed E-state index contributed by atoms with van der Waals surface area (Å²) in [6, 6.07) is 34.2. The second kappa shape index (κ2) is 15.2. The molecule has 0 nitrogen and oxygen atoms in total. The molecule has 8 aromatic rings. The standard InChI is InChI=1S/C60H64/c1-31(2)45-17-19-47-50(29-45)55(49-28-37(9)36(8)27-38(49)10)59-56(52-39(11)21-33(5)22-40(52)12)48-20-18-46(32(3)4)30-51(48)58(54-43(15)25-35(7)26-44(54)16)60(59)57(47)53-41(13)23-34(6)24-42(53)14/h17-32H,1-16H3. The van der Waals surface area contributed by atoms with Crippen LogP contribution in [0, 0.1) is 83.1 Å². The Hall–Kier alpha value is -5.46. The SMILES string of the molecule is Cc1cc(C)c(-c2c3ccc(C(C)C)cc3c(-c3c(C)cc(C)cc3C)c3c(-c4c(C)cc(C)cc4C)c4ccc(C(C)C)cc4c(-c4cc(C)c(C)cc4C)c23)c(C)c1. The molecule has 0 aliphatic carbocycles. The molecule has 0 radical (unpaired) electrons. The molecular formula is C60H64. The summed E-state index contributed by atoms with van der Waals surface area (Å²) in [6.45, 7) is 37.0. The highest BCUT2D eigenvalue weighted by atomic mass is 14.3. The van der Waals surface area contributed by atoms with E-state index < -0.39 is 0 Å². The maximum atomic E-state index is 2.56. The summed E-state index contributed by atoms with van der Waals surface area (Å²) < 4.78 is 0. The van der Waals surface area contributed by atoms with E-state index in [-0.39, 0.29) is 0 Å². The van der Waals surface area contributed by atoms with E-state index in [1.165, 1.54) is 155 Å². The second-order valence-corrected chi connectivity index (χ2v) is 19.2. The van der Waals surface area contributed by atoms with Crippen LogP contribution in [0.2, 0.25) is 0 Å². The van der Waals surface area contributed by atoms with E-state index in [0.29, 0.717) is 11.8 Å². The first-order valence-electron chi connectivity index (χ1n) is 22.2. The Morgan fingerprint density at radius 2 is 0.583 bits per heavy atom. The van der Waals surface area contributed by atoms with Crippen molar-refractivity contribution in [3.05, 3.63) is 163 Å². The van der Waals surface area contributed by atoms with Crippen molar-refractivity contribution in [1.29, 1.82) is 0 Å².